The number of carboxylic acid groups (broad SMARTS) is 1. The highest BCUT2D eigenvalue weighted by atomic mass is 32.1. The molecule has 1 N–H and O–H groups in total. The summed E-state index contributed by atoms with van der Waals surface area (Å²) in [4.78, 5) is 29.5. The molecule has 0 atom stereocenters. The molecule has 0 unspecified atom stereocenters. The van der Waals surface area contributed by atoms with Crippen molar-refractivity contribution in [2.24, 2.45) is 0 Å². The molecule has 7 nitrogen and oxygen atoms in total. The first-order valence-corrected chi connectivity index (χ1v) is 6.26. The average molecular weight is 271 g/mol. The van der Waals surface area contributed by atoms with Crippen molar-refractivity contribution in [1.29, 1.82) is 0 Å². The van der Waals surface area contributed by atoms with Crippen molar-refractivity contribution in [2.75, 3.05) is 38.2 Å². The number of carbonyl (C=O) groups is 2. The molecular formula is C10H13N3O4S. The van der Waals surface area contributed by atoms with E-state index in [0.717, 1.165) is 5.13 Å². The number of carbonyl (C=O) groups excluding carboxylic acids is 1. The molecule has 1 fully saturated rings. The smallest absolute Gasteiger partial charge is 0.407 e. The second kappa shape index (κ2) is 5.21. The molecule has 0 bridgehead atoms. The van der Waals surface area contributed by atoms with Gasteiger partial charge in [-0.15, -0.1) is 11.3 Å². The third-order valence-electron chi connectivity index (χ3n) is 2.71. The summed E-state index contributed by atoms with van der Waals surface area (Å²) in [6.07, 6.45) is -0.899. The standard InChI is InChI=1S/C10H13N3O4S/c1-17-8(14)7-6-18-9(11-7)12-2-4-13(5-3-12)10(15)16/h6H,2-5H2,1H3,(H,15,16). The number of hydrogen-bond acceptors (Lipinski definition) is 6. The van der Waals surface area contributed by atoms with E-state index in [9.17, 15) is 9.59 Å². The molecule has 8 heteroatoms. The molecule has 0 aromatic carbocycles. The molecule has 1 aromatic rings. The Kier molecular flexibility index (Phi) is 3.66. The molecule has 0 spiro atoms. The van der Waals surface area contributed by atoms with E-state index >= 15 is 0 Å². The lowest BCUT2D eigenvalue weighted by Crippen LogP contribution is -2.48. The van der Waals surface area contributed by atoms with Crippen molar-refractivity contribution in [3.05, 3.63) is 11.1 Å². The molecule has 1 amide bonds. The third-order valence-corrected chi connectivity index (χ3v) is 3.61. The quantitative estimate of drug-likeness (QED) is 0.798. The lowest BCUT2D eigenvalue weighted by Gasteiger charge is -2.32. The topological polar surface area (TPSA) is 83.0 Å². The van der Waals surface area contributed by atoms with Gasteiger partial charge in [0.05, 0.1) is 7.11 Å². The van der Waals surface area contributed by atoms with E-state index < -0.39 is 12.1 Å². The lowest BCUT2D eigenvalue weighted by atomic mass is 10.3. The predicted molar refractivity (Wildman–Crippen MR) is 65.3 cm³/mol. The molecule has 0 radical (unpaired) electrons. The first-order chi connectivity index (χ1) is 8.61. The van der Waals surface area contributed by atoms with E-state index in [2.05, 4.69) is 9.72 Å². The van der Waals surface area contributed by atoms with Gasteiger partial charge in [0.15, 0.2) is 10.8 Å². The Balaban J connectivity index is 1.99. The second-order valence-electron chi connectivity index (χ2n) is 3.76. The molecule has 98 valence electrons. The van der Waals surface area contributed by atoms with Crippen molar-refractivity contribution >= 4 is 28.5 Å². The number of nitrogens with zero attached hydrogens (tertiary/aromatic N) is 3. The molecule has 1 saturated heterocycles. The zero-order chi connectivity index (χ0) is 13.1. The maximum absolute atomic E-state index is 11.3. The van der Waals surface area contributed by atoms with Crippen LogP contribution in [0.5, 0.6) is 0 Å². The Morgan fingerprint density at radius 1 is 1.39 bits per heavy atom. The van der Waals surface area contributed by atoms with Crippen LogP contribution in [0.15, 0.2) is 5.38 Å². The van der Waals surface area contributed by atoms with Crippen LogP contribution in [0.2, 0.25) is 0 Å². The Hall–Kier alpha value is -1.83. The number of methoxy groups -OCH3 is 1. The normalized spacial score (nSPS) is 15.6. The fourth-order valence-electron chi connectivity index (χ4n) is 1.70. The first kappa shape index (κ1) is 12.6. The second-order valence-corrected chi connectivity index (χ2v) is 4.60. The van der Waals surface area contributed by atoms with Gasteiger partial charge >= 0.3 is 12.1 Å². The summed E-state index contributed by atoms with van der Waals surface area (Å²) in [6, 6.07) is 0. The van der Waals surface area contributed by atoms with Crippen molar-refractivity contribution in [3.63, 3.8) is 0 Å². The van der Waals surface area contributed by atoms with Gasteiger partial charge in [0.2, 0.25) is 0 Å². The number of thiazole rings is 1. The zero-order valence-corrected chi connectivity index (χ0v) is 10.6. The highest BCUT2D eigenvalue weighted by Crippen LogP contribution is 2.22. The van der Waals surface area contributed by atoms with E-state index in [-0.39, 0.29) is 5.69 Å². The summed E-state index contributed by atoms with van der Waals surface area (Å²) in [5, 5.41) is 11.2. The van der Waals surface area contributed by atoms with Crippen molar-refractivity contribution < 1.29 is 19.4 Å². The fraction of sp³-hybridized carbons (Fsp3) is 0.500. The number of esters is 1. The van der Waals surface area contributed by atoms with Crippen LogP contribution in [-0.4, -0.2) is 60.3 Å². The minimum Gasteiger partial charge on any atom is -0.465 e. The molecule has 0 saturated carbocycles. The molecule has 2 heterocycles. The zero-order valence-electron chi connectivity index (χ0n) is 9.83. The number of ether oxygens (including phenoxy) is 1. The van der Waals surface area contributed by atoms with Gasteiger partial charge in [-0.2, -0.15) is 0 Å². The van der Waals surface area contributed by atoms with Crippen molar-refractivity contribution in [1.82, 2.24) is 9.88 Å². The van der Waals surface area contributed by atoms with Crippen LogP contribution in [0.1, 0.15) is 10.5 Å². The summed E-state index contributed by atoms with van der Waals surface area (Å²) >= 11 is 1.36. The van der Waals surface area contributed by atoms with E-state index in [0.29, 0.717) is 26.2 Å². The van der Waals surface area contributed by atoms with Crippen LogP contribution < -0.4 is 4.90 Å². The molecular weight excluding hydrogens is 258 g/mol. The van der Waals surface area contributed by atoms with Crippen LogP contribution in [-0.2, 0) is 4.74 Å². The van der Waals surface area contributed by atoms with Gasteiger partial charge in [-0.1, -0.05) is 0 Å². The summed E-state index contributed by atoms with van der Waals surface area (Å²) in [6.45, 7) is 2.06. The number of amides is 1. The van der Waals surface area contributed by atoms with Gasteiger partial charge in [-0.3, -0.25) is 0 Å². The first-order valence-electron chi connectivity index (χ1n) is 5.38. The van der Waals surface area contributed by atoms with Crippen LogP contribution >= 0.6 is 11.3 Å². The Morgan fingerprint density at radius 2 is 2.06 bits per heavy atom. The van der Waals surface area contributed by atoms with E-state index in [1.165, 1.54) is 23.3 Å². The summed E-state index contributed by atoms with van der Waals surface area (Å²) in [7, 11) is 1.31. The maximum Gasteiger partial charge on any atom is 0.407 e. The minimum atomic E-state index is -0.899. The van der Waals surface area contributed by atoms with Crippen molar-refractivity contribution in [3.8, 4) is 0 Å². The van der Waals surface area contributed by atoms with E-state index in [4.69, 9.17) is 5.11 Å². The number of anilines is 1. The van der Waals surface area contributed by atoms with Gasteiger partial charge in [-0.25, -0.2) is 14.6 Å². The number of hydrogen-bond donors (Lipinski definition) is 1. The minimum absolute atomic E-state index is 0.290. The fourth-order valence-corrected chi connectivity index (χ4v) is 2.55. The maximum atomic E-state index is 11.3. The Labute approximate surface area is 108 Å². The monoisotopic (exact) mass is 271 g/mol. The van der Waals surface area contributed by atoms with E-state index in [1.807, 2.05) is 4.90 Å². The largest absolute Gasteiger partial charge is 0.465 e. The molecule has 18 heavy (non-hydrogen) atoms. The molecule has 1 aliphatic rings. The Morgan fingerprint density at radius 3 is 2.61 bits per heavy atom. The highest BCUT2D eigenvalue weighted by Gasteiger charge is 2.23. The number of aromatic nitrogens is 1. The van der Waals surface area contributed by atoms with Gasteiger partial charge < -0.3 is 19.6 Å². The van der Waals surface area contributed by atoms with Gasteiger partial charge in [0.25, 0.3) is 0 Å². The van der Waals surface area contributed by atoms with Crippen LogP contribution in [0, 0.1) is 0 Å². The number of rotatable bonds is 2. The third kappa shape index (κ3) is 2.53. The average Bonchev–Trinajstić information content (AvgIpc) is 2.87. The van der Waals surface area contributed by atoms with Crippen LogP contribution in [0.25, 0.3) is 0 Å². The molecule has 0 aliphatic carbocycles. The molecule has 2 rings (SSSR count). The Bertz CT molecular complexity index is 454. The summed E-state index contributed by atoms with van der Waals surface area (Å²) < 4.78 is 4.59. The highest BCUT2D eigenvalue weighted by molar-refractivity contribution is 7.13. The van der Waals surface area contributed by atoms with E-state index in [1.54, 1.807) is 5.38 Å². The molecule has 1 aliphatic heterocycles. The van der Waals surface area contributed by atoms with Gasteiger partial charge in [-0.05, 0) is 0 Å². The van der Waals surface area contributed by atoms with Gasteiger partial charge in [0, 0.05) is 31.6 Å². The summed E-state index contributed by atoms with van der Waals surface area (Å²) in [5.41, 5.74) is 0.290. The van der Waals surface area contributed by atoms with Gasteiger partial charge in [0.1, 0.15) is 0 Å². The van der Waals surface area contributed by atoms with Crippen LogP contribution in [0.4, 0.5) is 9.93 Å². The van der Waals surface area contributed by atoms with Crippen LogP contribution in [0.3, 0.4) is 0 Å². The summed E-state index contributed by atoms with van der Waals surface area (Å²) in [5.74, 6) is -0.457. The predicted octanol–water partition coefficient (Wildman–Crippen LogP) is 0.730. The number of piperazine rings is 1. The lowest BCUT2D eigenvalue weighted by molar-refractivity contribution is 0.0595. The SMILES string of the molecule is COC(=O)c1csc(N2CCN(C(=O)O)CC2)n1. The molecule has 1 aromatic heterocycles. The van der Waals surface area contributed by atoms with Crippen molar-refractivity contribution in [2.45, 2.75) is 0 Å².